The van der Waals surface area contributed by atoms with Gasteiger partial charge in [-0.25, -0.2) is 4.79 Å². The van der Waals surface area contributed by atoms with Crippen molar-refractivity contribution in [2.24, 2.45) is 5.92 Å². The van der Waals surface area contributed by atoms with Gasteiger partial charge in [-0.15, -0.1) is 0 Å². The number of nitrogens with two attached hydrogens (primary N) is 1. The van der Waals surface area contributed by atoms with Gasteiger partial charge in [0.25, 0.3) is 0 Å². The number of nitrogens with one attached hydrogen (secondary N) is 1. The number of carboxylic acid groups (broad SMARTS) is 1. The van der Waals surface area contributed by atoms with Crippen LogP contribution in [0.5, 0.6) is 0 Å². The molecule has 0 unspecified atom stereocenters. The molecular formula is C13H20N2O2. The summed E-state index contributed by atoms with van der Waals surface area (Å²) in [5.41, 5.74) is 9.33. The van der Waals surface area contributed by atoms with Gasteiger partial charge in [0.2, 0.25) is 0 Å². The molecule has 0 aliphatic heterocycles. The molecular weight excluding hydrogens is 216 g/mol. The fourth-order valence-corrected chi connectivity index (χ4v) is 1.75. The van der Waals surface area contributed by atoms with Gasteiger partial charge in [0.15, 0.2) is 0 Å². The van der Waals surface area contributed by atoms with E-state index in [4.69, 9.17) is 10.8 Å². The number of aryl methyl sites for hydroxylation is 2. The topological polar surface area (TPSA) is 75.3 Å². The molecule has 1 aromatic rings. The number of benzene rings is 1. The van der Waals surface area contributed by atoms with Gasteiger partial charge in [-0.3, -0.25) is 0 Å². The maximum absolute atomic E-state index is 11.1. The predicted octanol–water partition coefficient (Wildman–Crippen LogP) is 2.41. The monoisotopic (exact) mass is 236 g/mol. The number of nitrogen functional groups attached to an aromatic ring is 1. The van der Waals surface area contributed by atoms with Crippen molar-refractivity contribution in [3.63, 3.8) is 0 Å². The summed E-state index contributed by atoms with van der Waals surface area (Å²) in [4.78, 5) is 11.1. The number of hydrogen-bond donors (Lipinski definition) is 3. The number of rotatable bonds is 4. The second kappa shape index (κ2) is 5.08. The lowest BCUT2D eigenvalue weighted by molar-refractivity contribution is -0.138. The lowest BCUT2D eigenvalue weighted by atomic mass is 10.0. The quantitative estimate of drug-likeness (QED) is 0.702. The average molecular weight is 236 g/mol. The van der Waals surface area contributed by atoms with Crippen molar-refractivity contribution >= 4 is 17.3 Å². The highest BCUT2D eigenvalue weighted by atomic mass is 16.4. The number of aliphatic carboxylic acids is 1. The van der Waals surface area contributed by atoms with Crippen molar-refractivity contribution in [3.8, 4) is 0 Å². The van der Waals surface area contributed by atoms with E-state index >= 15 is 0 Å². The molecule has 4 N–H and O–H groups in total. The van der Waals surface area contributed by atoms with Crippen LogP contribution in [0.15, 0.2) is 12.1 Å². The average Bonchev–Trinajstić information content (AvgIpc) is 2.21. The van der Waals surface area contributed by atoms with Crippen LogP contribution in [0.3, 0.4) is 0 Å². The Morgan fingerprint density at radius 1 is 1.29 bits per heavy atom. The van der Waals surface area contributed by atoms with Crippen molar-refractivity contribution in [2.45, 2.75) is 33.7 Å². The van der Waals surface area contributed by atoms with Crippen LogP contribution < -0.4 is 11.1 Å². The summed E-state index contributed by atoms with van der Waals surface area (Å²) in [6, 6.07) is 3.17. The Balaban J connectivity index is 2.98. The molecule has 4 nitrogen and oxygen atoms in total. The van der Waals surface area contributed by atoms with Crippen LogP contribution in [0, 0.1) is 19.8 Å². The molecule has 0 bridgehead atoms. The standard InChI is InChI=1S/C13H20N2O2/c1-7(2)12(13(16)17)15-10-5-8(3)11(14)9(4)6-10/h5-7,12,15H,14H2,1-4H3,(H,16,17)/t12-/m1/s1. The third-order valence-corrected chi connectivity index (χ3v) is 2.85. The molecule has 0 heterocycles. The predicted molar refractivity (Wildman–Crippen MR) is 70.2 cm³/mol. The van der Waals surface area contributed by atoms with Gasteiger partial charge in [-0.1, -0.05) is 13.8 Å². The van der Waals surface area contributed by atoms with Crippen LogP contribution in [-0.4, -0.2) is 17.1 Å². The van der Waals surface area contributed by atoms with E-state index in [1.165, 1.54) is 0 Å². The van der Waals surface area contributed by atoms with Gasteiger partial charge >= 0.3 is 5.97 Å². The number of carboxylic acids is 1. The second-order valence-corrected chi connectivity index (χ2v) is 4.73. The van der Waals surface area contributed by atoms with Gasteiger partial charge in [0, 0.05) is 11.4 Å². The number of carbonyl (C=O) groups is 1. The van der Waals surface area contributed by atoms with Crippen molar-refractivity contribution in [1.29, 1.82) is 0 Å². The third kappa shape index (κ3) is 3.12. The normalized spacial score (nSPS) is 12.5. The number of hydrogen-bond acceptors (Lipinski definition) is 3. The maximum atomic E-state index is 11.1. The minimum atomic E-state index is -0.841. The first-order valence-electron chi connectivity index (χ1n) is 5.69. The van der Waals surface area contributed by atoms with Gasteiger partial charge < -0.3 is 16.2 Å². The highest BCUT2D eigenvalue weighted by Crippen LogP contribution is 2.23. The summed E-state index contributed by atoms with van der Waals surface area (Å²) < 4.78 is 0. The molecule has 17 heavy (non-hydrogen) atoms. The largest absolute Gasteiger partial charge is 0.480 e. The zero-order chi connectivity index (χ0) is 13.2. The molecule has 1 rings (SSSR count). The van der Waals surface area contributed by atoms with Gasteiger partial charge in [0.1, 0.15) is 6.04 Å². The molecule has 0 radical (unpaired) electrons. The Morgan fingerprint density at radius 2 is 1.76 bits per heavy atom. The molecule has 0 aliphatic rings. The van der Waals surface area contributed by atoms with Crippen molar-refractivity contribution < 1.29 is 9.90 Å². The summed E-state index contributed by atoms with van der Waals surface area (Å²) in [6.45, 7) is 7.59. The Morgan fingerprint density at radius 3 is 2.12 bits per heavy atom. The Bertz CT molecular complexity index is 404. The minimum absolute atomic E-state index is 0.0191. The van der Waals surface area contributed by atoms with Crippen LogP contribution in [0.2, 0.25) is 0 Å². The zero-order valence-corrected chi connectivity index (χ0v) is 10.7. The van der Waals surface area contributed by atoms with Crippen LogP contribution in [-0.2, 0) is 4.79 Å². The van der Waals surface area contributed by atoms with Crippen LogP contribution in [0.25, 0.3) is 0 Å². The maximum Gasteiger partial charge on any atom is 0.326 e. The smallest absolute Gasteiger partial charge is 0.326 e. The SMILES string of the molecule is Cc1cc(N[C@@H](C(=O)O)C(C)C)cc(C)c1N. The molecule has 0 amide bonds. The summed E-state index contributed by atoms with van der Waals surface area (Å²) in [5.74, 6) is -0.821. The van der Waals surface area contributed by atoms with Crippen molar-refractivity contribution in [1.82, 2.24) is 0 Å². The van der Waals surface area contributed by atoms with E-state index in [0.29, 0.717) is 0 Å². The van der Waals surface area contributed by atoms with E-state index in [9.17, 15) is 4.79 Å². The van der Waals surface area contributed by atoms with Crippen LogP contribution >= 0.6 is 0 Å². The van der Waals surface area contributed by atoms with E-state index in [2.05, 4.69) is 5.32 Å². The lowest BCUT2D eigenvalue weighted by Crippen LogP contribution is -2.34. The molecule has 0 aromatic heterocycles. The first kappa shape index (κ1) is 13.4. The van der Waals surface area contributed by atoms with Gasteiger partial charge in [-0.05, 0) is 43.0 Å². The molecule has 4 heteroatoms. The summed E-state index contributed by atoms with van der Waals surface area (Å²) in [5, 5.41) is 12.1. The minimum Gasteiger partial charge on any atom is -0.480 e. The van der Waals surface area contributed by atoms with Crippen LogP contribution in [0.4, 0.5) is 11.4 Å². The Labute approximate surface area is 102 Å². The summed E-state index contributed by atoms with van der Waals surface area (Å²) in [6.07, 6.45) is 0. The highest BCUT2D eigenvalue weighted by Gasteiger charge is 2.21. The molecule has 0 aliphatic carbocycles. The van der Waals surface area contributed by atoms with E-state index in [-0.39, 0.29) is 5.92 Å². The molecule has 1 atom stereocenters. The molecule has 94 valence electrons. The lowest BCUT2D eigenvalue weighted by Gasteiger charge is -2.20. The van der Waals surface area contributed by atoms with Crippen LogP contribution in [0.1, 0.15) is 25.0 Å². The first-order chi connectivity index (χ1) is 7.82. The van der Waals surface area contributed by atoms with E-state index in [1.54, 1.807) is 0 Å². The Hall–Kier alpha value is -1.71. The molecule has 0 spiro atoms. The van der Waals surface area contributed by atoms with E-state index < -0.39 is 12.0 Å². The highest BCUT2D eigenvalue weighted by molar-refractivity contribution is 5.78. The summed E-state index contributed by atoms with van der Waals surface area (Å²) >= 11 is 0. The van der Waals surface area contributed by atoms with Crippen molar-refractivity contribution in [2.75, 3.05) is 11.1 Å². The fourth-order valence-electron chi connectivity index (χ4n) is 1.75. The Kier molecular flexibility index (Phi) is 3.99. The van der Waals surface area contributed by atoms with Gasteiger partial charge in [0.05, 0.1) is 0 Å². The molecule has 1 aromatic carbocycles. The fraction of sp³-hybridized carbons (Fsp3) is 0.462. The molecule has 0 saturated heterocycles. The van der Waals surface area contributed by atoms with E-state index in [0.717, 1.165) is 22.5 Å². The third-order valence-electron chi connectivity index (χ3n) is 2.85. The number of anilines is 2. The summed E-state index contributed by atoms with van der Waals surface area (Å²) in [7, 11) is 0. The first-order valence-corrected chi connectivity index (χ1v) is 5.69. The van der Waals surface area contributed by atoms with Gasteiger partial charge in [-0.2, -0.15) is 0 Å². The van der Waals surface area contributed by atoms with Crippen molar-refractivity contribution in [3.05, 3.63) is 23.3 Å². The van der Waals surface area contributed by atoms with E-state index in [1.807, 2.05) is 39.8 Å². The zero-order valence-electron chi connectivity index (χ0n) is 10.7. The second-order valence-electron chi connectivity index (χ2n) is 4.73. The molecule has 0 saturated carbocycles. The molecule has 0 fully saturated rings.